The van der Waals surface area contributed by atoms with Gasteiger partial charge in [0.2, 0.25) is 0 Å². The molecule has 0 bridgehead atoms. The van der Waals surface area contributed by atoms with Crippen LogP contribution in [0, 0.1) is 24.0 Å². The summed E-state index contributed by atoms with van der Waals surface area (Å²) in [5.74, 6) is 0.886. The summed E-state index contributed by atoms with van der Waals surface area (Å²) >= 11 is 6.11. The van der Waals surface area contributed by atoms with Crippen molar-refractivity contribution in [3.8, 4) is 17.1 Å². The van der Waals surface area contributed by atoms with Crippen molar-refractivity contribution in [3.05, 3.63) is 80.6 Å². The Labute approximate surface area is 177 Å². The Morgan fingerprint density at radius 2 is 2.07 bits per heavy atom. The number of nitrogens with zero attached hydrogens (tertiary/aromatic N) is 2. The van der Waals surface area contributed by atoms with Gasteiger partial charge in [-0.15, -0.1) is 0 Å². The summed E-state index contributed by atoms with van der Waals surface area (Å²) in [7, 11) is 0. The summed E-state index contributed by atoms with van der Waals surface area (Å²) in [6.45, 7) is 3.70. The van der Waals surface area contributed by atoms with Gasteiger partial charge in [0.05, 0.1) is 16.2 Å². The molecule has 8 nitrogen and oxygen atoms in total. The van der Waals surface area contributed by atoms with Crippen molar-refractivity contribution >= 4 is 29.4 Å². The lowest BCUT2D eigenvalue weighted by Gasteiger charge is -2.09. The minimum absolute atomic E-state index is 0.0999. The van der Waals surface area contributed by atoms with Crippen molar-refractivity contribution in [1.29, 1.82) is 0 Å². The van der Waals surface area contributed by atoms with Crippen LogP contribution in [0.2, 0.25) is 5.02 Å². The van der Waals surface area contributed by atoms with Crippen LogP contribution in [0.15, 0.2) is 58.0 Å². The van der Waals surface area contributed by atoms with Crippen LogP contribution in [0.5, 0.6) is 5.75 Å². The zero-order valence-electron chi connectivity index (χ0n) is 16.2. The molecule has 0 saturated carbocycles. The third-order valence-electron chi connectivity index (χ3n) is 4.35. The molecule has 0 radical (unpaired) electrons. The molecule has 3 rings (SSSR count). The normalized spacial score (nSPS) is 10.9. The number of non-ortho nitro benzene ring substituents is 1. The number of aryl methyl sites for hydroxylation is 1. The van der Waals surface area contributed by atoms with Crippen molar-refractivity contribution in [2.24, 2.45) is 5.10 Å². The molecular weight excluding hydrogens is 410 g/mol. The van der Waals surface area contributed by atoms with Gasteiger partial charge in [-0.05, 0) is 49.2 Å². The molecular formula is C21H18ClN3O5. The highest BCUT2D eigenvalue weighted by molar-refractivity contribution is 6.33. The van der Waals surface area contributed by atoms with Crippen LogP contribution in [0.1, 0.15) is 16.9 Å². The van der Waals surface area contributed by atoms with E-state index >= 15 is 0 Å². The second kappa shape index (κ2) is 9.23. The van der Waals surface area contributed by atoms with Crippen molar-refractivity contribution in [1.82, 2.24) is 5.43 Å². The number of halogens is 1. The number of ether oxygens (including phenoxy) is 1. The summed E-state index contributed by atoms with van der Waals surface area (Å²) in [5, 5.41) is 15.1. The molecule has 0 fully saturated rings. The zero-order chi connectivity index (χ0) is 21.7. The van der Waals surface area contributed by atoms with E-state index in [9.17, 15) is 14.9 Å². The molecule has 0 aliphatic rings. The molecule has 3 aromatic rings. The summed E-state index contributed by atoms with van der Waals surface area (Å²) < 4.78 is 11.1. The molecule has 30 heavy (non-hydrogen) atoms. The molecule has 0 aliphatic carbocycles. The Bertz CT molecular complexity index is 1120. The largest absolute Gasteiger partial charge is 0.483 e. The zero-order valence-corrected chi connectivity index (χ0v) is 17.0. The van der Waals surface area contributed by atoms with E-state index in [2.05, 4.69) is 10.5 Å². The first-order chi connectivity index (χ1) is 14.3. The van der Waals surface area contributed by atoms with E-state index in [1.807, 2.05) is 26.0 Å². The highest BCUT2D eigenvalue weighted by Gasteiger charge is 2.14. The Kier molecular flexibility index (Phi) is 6.48. The first-order valence-corrected chi connectivity index (χ1v) is 9.28. The van der Waals surface area contributed by atoms with E-state index in [-0.39, 0.29) is 12.3 Å². The Morgan fingerprint density at radius 1 is 1.27 bits per heavy atom. The van der Waals surface area contributed by atoms with Crippen LogP contribution in [0.25, 0.3) is 11.3 Å². The Balaban J connectivity index is 1.59. The minimum atomic E-state index is -0.513. The molecule has 1 aromatic heterocycles. The molecule has 0 aliphatic heterocycles. The molecule has 1 heterocycles. The van der Waals surface area contributed by atoms with E-state index in [1.165, 1.54) is 24.4 Å². The van der Waals surface area contributed by atoms with Gasteiger partial charge in [-0.3, -0.25) is 14.9 Å². The van der Waals surface area contributed by atoms with Crippen molar-refractivity contribution in [2.45, 2.75) is 13.8 Å². The third kappa shape index (κ3) is 5.03. The molecule has 2 aromatic carbocycles. The van der Waals surface area contributed by atoms with Gasteiger partial charge < -0.3 is 9.15 Å². The number of nitrogens with one attached hydrogen (secondary N) is 1. The van der Waals surface area contributed by atoms with Gasteiger partial charge in [0.25, 0.3) is 11.6 Å². The van der Waals surface area contributed by atoms with Crippen LogP contribution in [0.4, 0.5) is 5.69 Å². The third-order valence-corrected chi connectivity index (χ3v) is 4.68. The molecule has 9 heteroatoms. The maximum Gasteiger partial charge on any atom is 0.277 e. The maximum absolute atomic E-state index is 11.9. The lowest BCUT2D eigenvalue weighted by atomic mass is 10.1. The van der Waals surface area contributed by atoms with E-state index in [1.54, 1.807) is 18.2 Å². The molecule has 0 atom stereocenters. The highest BCUT2D eigenvalue weighted by Crippen LogP contribution is 2.32. The average molecular weight is 428 g/mol. The van der Waals surface area contributed by atoms with Crippen LogP contribution < -0.4 is 10.2 Å². The second-order valence-corrected chi connectivity index (χ2v) is 6.81. The van der Waals surface area contributed by atoms with Crippen LogP contribution in [-0.2, 0) is 4.79 Å². The van der Waals surface area contributed by atoms with Crippen molar-refractivity contribution in [3.63, 3.8) is 0 Å². The quantitative estimate of drug-likeness (QED) is 0.335. The Morgan fingerprint density at radius 3 is 2.83 bits per heavy atom. The van der Waals surface area contributed by atoms with Gasteiger partial charge in [-0.1, -0.05) is 23.7 Å². The van der Waals surface area contributed by atoms with Crippen molar-refractivity contribution < 1.29 is 18.9 Å². The van der Waals surface area contributed by atoms with E-state index < -0.39 is 10.8 Å². The minimum Gasteiger partial charge on any atom is -0.483 e. The topological polar surface area (TPSA) is 107 Å². The lowest BCUT2D eigenvalue weighted by Crippen LogP contribution is -2.24. The van der Waals surface area contributed by atoms with Gasteiger partial charge in [-0.25, -0.2) is 5.43 Å². The molecule has 0 spiro atoms. The number of carbonyl (C=O) groups excluding carboxylic acids is 1. The summed E-state index contributed by atoms with van der Waals surface area (Å²) in [6.07, 6.45) is 1.31. The predicted octanol–water partition coefficient (Wildman–Crippen LogP) is 4.65. The Hall–Kier alpha value is -3.65. The van der Waals surface area contributed by atoms with Gasteiger partial charge in [0.1, 0.15) is 17.3 Å². The monoisotopic (exact) mass is 427 g/mol. The number of furan rings is 1. The molecule has 0 unspecified atom stereocenters. The first-order valence-electron chi connectivity index (χ1n) is 8.90. The van der Waals surface area contributed by atoms with E-state index in [4.69, 9.17) is 20.8 Å². The number of amides is 1. The van der Waals surface area contributed by atoms with Crippen LogP contribution >= 0.6 is 11.6 Å². The first kappa shape index (κ1) is 21.1. The van der Waals surface area contributed by atoms with Crippen LogP contribution in [0.3, 0.4) is 0 Å². The number of carbonyl (C=O) groups is 1. The number of hydrogen-bond acceptors (Lipinski definition) is 6. The summed E-state index contributed by atoms with van der Waals surface area (Å²) in [6, 6.07) is 12.9. The number of hydrogen-bond donors (Lipinski definition) is 1. The van der Waals surface area contributed by atoms with Gasteiger partial charge in [0.15, 0.2) is 6.61 Å². The number of hydrazone groups is 1. The molecule has 0 saturated heterocycles. The predicted molar refractivity (Wildman–Crippen MR) is 113 cm³/mol. The number of nitro groups is 1. The van der Waals surface area contributed by atoms with Crippen molar-refractivity contribution in [2.75, 3.05) is 6.61 Å². The fourth-order valence-electron chi connectivity index (χ4n) is 2.61. The molecule has 154 valence electrons. The van der Waals surface area contributed by atoms with Gasteiger partial charge in [-0.2, -0.15) is 5.10 Å². The number of rotatable bonds is 7. The van der Waals surface area contributed by atoms with Gasteiger partial charge in [0, 0.05) is 17.7 Å². The lowest BCUT2D eigenvalue weighted by molar-refractivity contribution is -0.384. The maximum atomic E-state index is 11.9. The number of nitro benzene ring substituents is 1. The van der Waals surface area contributed by atoms with E-state index in [0.717, 1.165) is 11.1 Å². The SMILES string of the molecule is Cc1cccc(OCC(=O)N/N=C/c2ccc(-c3cc([N+](=O)[O-])ccc3Cl)o2)c1C. The van der Waals surface area contributed by atoms with E-state index in [0.29, 0.717) is 27.9 Å². The standard InChI is InChI=1S/C21H18ClN3O5/c1-13-4-3-5-19(14(13)2)29-12-21(26)24-23-11-16-7-9-20(30-16)17-10-15(25(27)28)6-8-18(17)22/h3-11H,12H2,1-2H3,(H,24,26)/b23-11+. The molecule has 1 N–H and O–H groups in total. The number of benzene rings is 2. The highest BCUT2D eigenvalue weighted by atomic mass is 35.5. The second-order valence-electron chi connectivity index (χ2n) is 6.40. The molecule has 1 amide bonds. The van der Waals surface area contributed by atoms with Crippen LogP contribution in [-0.4, -0.2) is 23.7 Å². The smallest absolute Gasteiger partial charge is 0.277 e. The fourth-order valence-corrected chi connectivity index (χ4v) is 2.82. The fraction of sp³-hybridized carbons (Fsp3) is 0.143. The average Bonchev–Trinajstić information content (AvgIpc) is 3.18. The summed E-state index contributed by atoms with van der Waals surface area (Å²) in [4.78, 5) is 22.3. The van der Waals surface area contributed by atoms with Gasteiger partial charge >= 0.3 is 0 Å². The summed E-state index contributed by atoms with van der Waals surface area (Å²) in [5.41, 5.74) is 4.68.